The van der Waals surface area contributed by atoms with Gasteiger partial charge in [0.2, 0.25) is 0 Å². The van der Waals surface area contributed by atoms with Gasteiger partial charge in [-0.2, -0.15) is 0 Å². The highest BCUT2D eigenvalue weighted by molar-refractivity contribution is 9.10. The van der Waals surface area contributed by atoms with Gasteiger partial charge in [-0.25, -0.2) is 4.98 Å². The van der Waals surface area contributed by atoms with Crippen molar-refractivity contribution in [2.45, 2.75) is 13.8 Å². The molecule has 0 radical (unpaired) electrons. The number of pyridine rings is 1. The van der Waals surface area contributed by atoms with Crippen molar-refractivity contribution in [2.75, 3.05) is 0 Å². The molecule has 0 unspecified atom stereocenters. The third-order valence-corrected chi connectivity index (χ3v) is 3.09. The van der Waals surface area contributed by atoms with Crippen LogP contribution in [0.25, 0.3) is 5.82 Å². The van der Waals surface area contributed by atoms with Crippen LogP contribution in [0.15, 0.2) is 28.9 Å². The molecular weight excluding hydrogens is 286 g/mol. The quantitative estimate of drug-likeness (QED) is 0.486. The summed E-state index contributed by atoms with van der Waals surface area (Å²) in [6, 6.07) is 7.05. The van der Waals surface area contributed by atoms with Gasteiger partial charge in [-0.15, -0.1) is 0 Å². The number of nitro groups is 1. The fourth-order valence-electron chi connectivity index (χ4n) is 1.71. The van der Waals surface area contributed by atoms with Crippen LogP contribution in [0.3, 0.4) is 0 Å². The zero-order valence-electron chi connectivity index (χ0n) is 9.35. The van der Waals surface area contributed by atoms with E-state index < -0.39 is 4.92 Å². The fourth-order valence-corrected chi connectivity index (χ4v) is 2.17. The van der Waals surface area contributed by atoms with Crippen LogP contribution >= 0.6 is 15.9 Å². The maximum atomic E-state index is 10.7. The lowest BCUT2D eigenvalue weighted by Gasteiger charge is -2.08. The van der Waals surface area contributed by atoms with Crippen LogP contribution in [-0.4, -0.2) is 14.5 Å². The number of aromatic nitrogens is 2. The van der Waals surface area contributed by atoms with E-state index in [1.54, 1.807) is 6.07 Å². The molecular formula is C11H10BrN3O2. The number of aryl methyl sites for hydroxylation is 2. The minimum Gasteiger partial charge on any atom is -0.303 e. The Hall–Kier alpha value is -1.69. The van der Waals surface area contributed by atoms with Crippen molar-refractivity contribution in [1.29, 1.82) is 0 Å². The summed E-state index contributed by atoms with van der Waals surface area (Å²) in [6.45, 7) is 3.92. The van der Waals surface area contributed by atoms with Crippen LogP contribution in [0.1, 0.15) is 11.4 Å². The van der Waals surface area contributed by atoms with Crippen molar-refractivity contribution in [2.24, 2.45) is 0 Å². The third kappa shape index (κ3) is 2.08. The van der Waals surface area contributed by atoms with Crippen LogP contribution in [0.5, 0.6) is 0 Å². The Morgan fingerprint density at radius 3 is 2.29 bits per heavy atom. The maximum absolute atomic E-state index is 10.7. The smallest absolute Gasteiger partial charge is 0.302 e. The van der Waals surface area contributed by atoms with E-state index >= 15 is 0 Å². The summed E-state index contributed by atoms with van der Waals surface area (Å²) in [7, 11) is 0. The minimum absolute atomic E-state index is 0.0313. The average Bonchev–Trinajstić information content (AvgIpc) is 2.58. The lowest BCUT2D eigenvalue weighted by Crippen LogP contribution is -2.03. The molecule has 0 spiro atoms. The van der Waals surface area contributed by atoms with Gasteiger partial charge in [-0.05, 0) is 48.0 Å². The second kappa shape index (κ2) is 4.29. The first-order valence-electron chi connectivity index (χ1n) is 4.97. The van der Waals surface area contributed by atoms with Gasteiger partial charge < -0.3 is 4.57 Å². The molecule has 0 aliphatic carbocycles. The normalized spacial score (nSPS) is 10.5. The summed E-state index contributed by atoms with van der Waals surface area (Å²) in [5, 5.41) is 10.7. The standard InChI is InChI=1S/C11H10BrN3O2/c1-7-3-4-8(2)14(7)10-6-5-9(15(16)17)11(12)13-10/h3-6H,1-2H3. The molecule has 0 saturated heterocycles. The largest absolute Gasteiger partial charge is 0.303 e. The van der Waals surface area contributed by atoms with Crippen LogP contribution < -0.4 is 0 Å². The van der Waals surface area contributed by atoms with E-state index in [9.17, 15) is 10.1 Å². The zero-order valence-corrected chi connectivity index (χ0v) is 10.9. The molecule has 6 heteroatoms. The fraction of sp³-hybridized carbons (Fsp3) is 0.182. The Balaban J connectivity index is 2.56. The Labute approximate surface area is 106 Å². The molecule has 0 aliphatic rings. The highest BCUT2D eigenvalue weighted by atomic mass is 79.9. The Kier molecular flexibility index (Phi) is 2.97. The summed E-state index contributed by atoms with van der Waals surface area (Å²) in [5.74, 6) is 0.669. The topological polar surface area (TPSA) is 61.0 Å². The predicted octanol–water partition coefficient (Wildman–Crippen LogP) is 3.16. The molecule has 0 bridgehead atoms. The lowest BCUT2D eigenvalue weighted by atomic mass is 10.4. The first-order chi connectivity index (χ1) is 8.00. The van der Waals surface area contributed by atoms with E-state index in [1.165, 1.54) is 6.07 Å². The van der Waals surface area contributed by atoms with Crippen LogP contribution in [-0.2, 0) is 0 Å². The number of hydrogen-bond acceptors (Lipinski definition) is 3. The van der Waals surface area contributed by atoms with Crippen molar-refractivity contribution in [1.82, 2.24) is 9.55 Å². The molecule has 0 atom stereocenters. The molecule has 0 fully saturated rings. The molecule has 0 aliphatic heterocycles. The van der Waals surface area contributed by atoms with Gasteiger partial charge in [0.25, 0.3) is 0 Å². The van der Waals surface area contributed by atoms with E-state index in [0.717, 1.165) is 11.4 Å². The highest BCUT2D eigenvalue weighted by Crippen LogP contribution is 2.25. The van der Waals surface area contributed by atoms with E-state index in [4.69, 9.17) is 0 Å². The lowest BCUT2D eigenvalue weighted by molar-refractivity contribution is -0.386. The van der Waals surface area contributed by atoms with Crippen molar-refractivity contribution in [3.05, 3.63) is 50.4 Å². The van der Waals surface area contributed by atoms with Crippen LogP contribution in [0.2, 0.25) is 0 Å². The first kappa shape index (κ1) is 11.8. The molecule has 5 nitrogen and oxygen atoms in total. The van der Waals surface area contributed by atoms with Gasteiger partial charge in [0, 0.05) is 17.5 Å². The van der Waals surface area contributed by atoms with Gasteiger partial charge in [0.05, 0.1) is 4.92 Å². The van der Waals surface area contributed by atoms with E-state index in [1.807, 2.05) is 30.5 Å². The molecule has 2 aromatic rings. The monoisotopic (exact) mass is 295 g/mol. The van der Waals surface area contributed by atoms with E-state index in [2.05, 4.69) is 20.9 Å². The Morgan fingerprint density at radius 1 is 1.24 bits per heavy atom. The van der Waals surface area contributed by atoms with Crippen LogP contribution in [0, 0.1) is 24.0 Å². The van der Waals surface area contributed by atoms with Gasteiger partial charge in [-0.3, -0.25) is 10.1 Å². The summed E-state index contributed by atoms with van der Waals surface area (Å²) in [5.41, 5.74) is 2.04. The molecule has 0 aromatic carbocycles. The van der Waals surface area contributed by atoms with Gasteiger partial charge >= 0.3 is 5.69 Å². The van der Waals surface area contributed by atoms with Gasteiger partial charge in [-0.1, -0.05) is 0 Å². The molecule has 0 saturated carbocycles. The number of hydrogen-bond donors (Lipinski definition) is 0. The zero-order chi connectivity index (χ0) is 12.6. The molecule has 17 heavy (non-hydrogen) atoms. The minimum atomic E-state index is -0.462. The molecule has 0 N–H and O–H groups in total. The van der Waals surface area contributed by atoms with Crippen molar-refractivity contribution in [3.8, 4) is 5.82 Å². The highest BCUT2D eigenvalue weighted by Gasteiger charge is 2.15. The van der Waals surface area contributed by atoms with Crippen molar-refractivity contribution >= 4 is 21.6 Å². The summed E-state index contributed by atoms with van der Waals surface area (Å²) < 4.78 is 2.18. The Bertz CT molecular complexity index is 573. The van der Waals surface area contributed by atoms with Crippen molar-refractivity contribution in [3.63, 3.8) is 0 Å². The molecule has 2 heterocycles. The van der Waals surface area contributed by atoms with Gasteiger partial charge in [0.15, 0.2) is 4.60 Å². The second-order valence-corrected chi connectivity index (χ2v) is 4.44. The summed E-state index contributed by atoms with van der Waals surface area (Å²) >= 11 is 3.12. The van der Waals surface area contributed by atoms with E-state index in [0.29, 0.717) is 5.82 Å². The summed E-state index contributed by atoms with van der Waals surface area (Å²) in [6.07, 6.45) is 0. The third-order valence-electron chi connectivity index (χ3n) is 2.51. The van der Waals surface area contributed by atoms with Crippen LogP contribution in [0.4, 0.5) is 5.69 Å². The SMILES string of the molecule is Cc1ccc(C)n1-c1ccc([N+](=O)[O-])c(Br)n1. The Morgan fingerprint density at radius 2 is 1.82 bits per heavy atom. The molecule has 0 amide bonds. The molecule has 2 aromatic heterocycles. The van der Waals surface area contributed by atoms with E-state index in [-0.39, 0.29) is 10.3 Å². The average molecular weight is 296 g/mol. The molecule has 2 rings (SSSR count). The number of rotatable bonds is 2. The second-order valence-electron chi connectivity index (χ2n) is 3.69. The van der Waals surface area contributed by atoms with Crippen molar-refractivity contribution < 1.29 is 4.92 Å². The number of halogens is 1. The predicted molar refractivity (Wildman–Crippen MR) is 67.4 cm³/mol. The van der Waals surface area contributed by atoms with Gasteiger partial charge in [0.1, 0.15) is 5.82 Å². The summed E-state index contributed by atoms with van der Waals surface area (Å²) in [4.78, 5) is 14.4. The maximum Gasteiger partial charge on any atom is 0.302 e. The first-order valence-corrected chi connectivity index (χ1v) is 5.76. The number of nitrogens with zero attached hydrogens (tertiary/aromatic N) is 3. The molecule has 88 valence electrons.